The predicted molar refractivity (Wildman–Crippen MR) is 43.5 cm³/mol. The number of alkyl halides is 3. The van der Waals surface area contributed by atoms with E-state index in [1.54, 1.807) is 0 Å². The standard InChI is InChI=1S/C4H4BrCl3O/c5-4(7,8)2-1-3(6)9/h1-2H2. The van der Waals surface area contributed by atoms with Crippen molar-refractivity contribution in [2.24, 2.45) is 0 Å². The average molecular weight is 254 g/mol. The molecule has 0 aliphatic heterocycles. The highest BCUT2D eigenvalue weighted by Crippen LogP contribution is 2.33. The summed E-state index contributed by atoms with van der Waals surface area (Å²) >= 11 is 18.8. The highest BCUT2D eigenvalue weighted by molar-refractivity contribution is 9.11. The van der Waals surface area contributed by atoms with Gasteiger partial charge in [-0.3, -0.25) is 4.79 Å². The van der Waals surface area contributed by atoms with E-state index in [1.807, 2.05) is 0 Å². The van der Waals surface area contributed by atoms with Gasteiger partial charge in [-0.2, -0.15) is 0 Å². The zero-order chi connectivity index (χ0) is 7.49. The van der Waals surface area contributed by atoms with E-state index < -0.39 is 8.49 Å². The van der Waals surface area contributed by atoms with E-state index in [1.165, 1.54) is 0 Å². The van der Waals surface area contributed by atoms with Crippen LogP contribution in [0.3, 0.4) is 0 Å². The average Bonchev–Trinajstić information content (AvgIpc) is 1.59. The molecule has 5 heteroatoms. The zero-order valence-electron chi connectivity index (χ0n) is 4.33. The fourth-order valence-corrected chi connectivity index (χ4v) is 0.722. The second-order valence-corrected chi connectivity index (χ2v) is 5.64. The molecule has 0 aliphatic rings. The van der Waals surface area contributed by atoms with Gasteiger partial charge in [0, 0.05) is 6.42 Å². The fourth-order valence-electron chi connectivity index (χ4n) is 0.240. The first-order valence-corrected chi connectivity index (χ1v) is 4.09. The smallest absolute Gasteiger partial charge is 0.221 e. The Morgan fingerprint density at radius 2 is 2.00 bits per heavy atom. The summed E-state index contributed by atoms with van der Waals surface area (Å²) in [5, 5.41) is -0.430. The Labute approximate surface area is 76.8 Å². The van der Waals surface area contributed by atoms with Crippen molar-refractivity contribution in [1.82, 2.24) is 0 Å². The zero-order valence-corrected chi connectivity index (χ0v) is 8.19. The van der Waals surface area contributed by atoms with Crippen molar-refractivity contribution >= 4 is 56.0 Å². The van der Waals surface area contributed by atoms with Gasteiger partial charge in [-0.1, -0.05) is 23.2 Å². The van der Waals surface area contributed by atoms with Crippen LogP contribution in [0.15, 0.2) is 0 Å². The minimum Gasteiger partial charge on any atom is -0.281 e. The summed E-state index contributed by atoms with van der Waals surface area (Å²) in [5.74, 6) is 0. The van der Waals surface area contributed by atoms with Crippen LogP contribution in [0.5, 0.6) is 0 Å². The van der Waals surface area contributed by atoms with E-state index in [2.05, 4.69) is 15.9 Å². The van der Waals surface area contributed by atoms with Crippen LogP contribution in [-0.2, 0) is 4.79 Å². The van der Waals surface area contributed by atoms with Gasteiger partial charge in [-0.05, 0) is 34.0 Å². The monoisotopic (exact) mass is 252 g/mol. The largest absolute Gasteiger partial charge is 0.281 e. The third-order valence-electron chi connectivity index (χ3n) is 0.605. The summed E-state index contributed by atoms with van der Waals surface area (Å²) in [6, 6.07) is 0. The van der Waals surface area contributed by atoms with Crippen LogP contribution in [0.2, 0.25) is 0 Å². The predicted octanol–water partition coefficient (Wildman–Crippen LogP) is 3.06. The van der Waals surface area contributed by atoms with E-state index in [9.17, 15) is 4.79 Å². The molecule has 54 valence electrons. The van der Waals surface area contributed by atoms with Crippen molar-refractivity contribution in [3.8, 4) is 0 Å². The third kappa shape index (κ3) is 9.02. The third-order valence-corrected chi connectivity index (χ3v) is 1.57. The maximum Gasteiger partial charge on any atom is 0.221 e. The van der Waals surface area contributed by atoms with Gasteiger partial charge in [0.1, 0.15) is 0 Å². The Bertz CT molecular complexity index is 109. The summed E-state index contributed by atoms with van der Waals surface area (Å²) in [6.45, 7) is 0. The molecule has 0 aromatic heterocycles. The van der Waals surface area contributed by atoms with Crippen molar-refractivity contribution in [3.05, 3.63) is 0 Å². The topological polar surface area (TPSA) is 17.1 Å². The van der Waals surface area contributed by atoms with E-state index in [0.29, 0.717) is 6.42 Å². The Hall–Kier alpha value is 1.02. The molecule has 0 radical (unpaired) electrons. The van der Waals surface area contributed by atoms with Crippen LogP contribution in [0, 0.1) is 0 Å². The van der Waals surface area contributed by atoms with Gasteiger partial charge in [0.15, 0.2) is 3.24 Å². The molecular weight excluding hydrogens is 250 g/mol. The molecule has 0 aromatic rings. The molecule has 0 unspecified atom stereocenters. The van der Waals surface area contributed by atoms with Crippen LogP contribution in [0.4, 0.5) is 0 Å². The summed E-state index contributed by atoms with van der Waals surface area (Å²) in [7, 11) is 0. The molecule has 0 rings (SSSR count). The molecule has 9 heavy (non-hydrogen) atoms. The first-order valence-electron chi connectivity index (χ1n) is 2.17. The van der Waals surface area contributed by atoms with E-state index >= 15 is 0 Å². The molecule has 0 bridgehead atoms. The fraction of sp³-hybridized carbons (Fsp3) is 0.750. The van der Waals surface area contributed by atoms with Gasteiger partial charge in [-0.15, -0.1) is 0 Å². The van der Waals surface area contributed by atoms with Crippen LogP contribution in [0.1, 0.15) is 12.8 Å². The summed E-state index contributed by atoms with van der Waals surface area (Å²) in [5.41, 5.74) is 0. The molecule has 0 N–H and O–H groups in total. The van der Waals surface area contributed by atoms with Crippen molar-refractivity contribution in [3.63, 3.8) is 0 Å². The van der Waals surface area contributed by atoms with Crippen LogP contribution in [-0.4, -0.2) is 8.49 Å². The summed E-state index contributed by atoms with van der Waals surface area (Å²) in [4.78, 5) is 10.1. The van der Waals surface area contributed by atoms with Crippen molar-refractivity contribution in [2.45, 2.75) is 16.1 Å². The highest BCUT2D eigenvalue weighted by Gasteiger charge is 2.19. The molecule has 0 fully saturated rings. The van der Waals surface area contributed by atoms with Crippen molar-refractivity contribution in [1.29, 1.82) is 0 Å². The molecule has 0 amide bonds. The molecule has 1 nitrogen and oxygen atoms in total. The molecule has 0 saturated heterocycles. The lowest BCUT2D eigenvalue weighted by Crippen LogP contribution is -2.02. The number of hydrogen-bond acceptors (Lipinski definition) is 1. The maximum atomic E-state index is 10.1. The van der Waals surface area contributed by atoms with Gasteiger partial charge < -0.3 is 0 Å². The Balaban J connectivity index is 3.39. The minimum atomic E-state index is -1.02. The second-order valence-electron chi connectivity index (χ2n) is 1.47. The van der Waals surface area contributed by atoms with E-state index in [4.69, 9.17) is 34.8 Å². The number of hydrogen-bond donors (Lipinski definition) is 0. The Kier molecular flexibility index (Phi) is 4.47. The molecule has 0 heterocycles. The first kappa shape index (κ1) is 10.0. The van der Waals surface area contributed by atoms with E-state index in [-0.39, 0.29) is 6.42 Å². The van der Waals surface area contributed by atoms with Gasteiger partial charge in [0.05, 0.1) is 0 Å². The van der Waals surface area contributed by atoms with Crippen molar-refractivity contribution in [2.75, 3.05) is 0 Å². The Morgan fingerprint density at radius 3 is 2.11 bits per heavy atom. The quantitative estimate of drug-likeness (QED) is 0.559. The summed E-state index contributed by atoms with van der Waals surface area (Å²) in [6.07, 6.45) is 0.498. The van der Waals surface area contributed by atoms with Gasteiger partial charge >= 0.3 is 0 Å². The molecule has 0 saturated carbocycles. The molecule has 0 aromatic carbocycles. The van der Waals surface area contributed by atoms with Gasteiger partial charge in [0.2, 0.25) is 5.24 Å². The van der Waals surface area contributed by atoms with Gasteiger partial charge in [0.25, 0.3) is 0 Å². The number of rotatable bonds is 3. The first-order chi connectivity index (χ1) is 3.92. The van der Waals surface area contributed by atoms with Crippen molar-refractivity contribution < 1.29 is 4.79 Å². The minimum absolute atomic E-state index is 0.180. The number of halogens is 4. The lowest BCUT2D eigenvalue weighted by molar-refractivity contribution is -0.111. The second kappa shape index (κ2) is 4.02. The van der Waals surface area contributed by atoms with Gasteiger partial charge in [-0.25, -0.2) is 0 Å². The summed E-state index contributed by atoms with van der Waals surface area (Å²) < 4.78 is -1.02. The number of carbonyl (C=O) groups excluding carboxylic acids is 1. The van der Waals surface area contributed by atoms with Crippen LogP contribution < -0.4 is 0 Å². The number of carbonyl (C=O) groups is 1. The van der Waals surface area contributed by atoms with E-state index in [0.717, 1.165) is 0 Å². The van der Waals surface area contributed by atoms with Crippen LogP contribution >= 0.6 is 50.7 Å². The Morgan fingerprint density at radius 1 is 1.56 bits per heavy atom. The van der Waals surface area contributed by atoms with Crippen LogP contribution in [0.25, 0.3) is 0 Å². The normalized spacial score (nSPS) is 11.6. The molecule has 0 spiro atoms. The molecule has 0 aliphatic carbocycles. The highest BCUT2D eigenvalue weighted by atomic mass is 79.9. The molecular formula is C4H4BrCl3O. The SMILES string of the molecule is O=C(Cl)CCC(Cl)(Cl)Br. The maximum absolute atomic E-state index is 10.1. The molecule has 0 atom stereocenters. The lowest BCUT2D eigenvalue weighted by Gasteiger charge is -2.07. The lowest BCUT2D eigenvalue weighted by atomic mass is 10.4.